The minimum absolute atomic E-state index is 0.236. The number of nitrogens with zero attached hydrogens (tertiary/aromatic N) is 1. The number of nitrogens with one attached hydrogen (secondary N) is 1. The lowest BCUT2D eigenvalue weighted by Gasteiger charge is -2.45. The van der Waals surface area contributed by atoms with E-state index in [0.717, 1.165) is 32.6 Å². The van der Waals surface area contributed by atoms with Gasteiger partial charge in [-0.3, -0.25) is 4.79 Å². The van der Waals surface area contributed by atoms with E-state index in [-0.39, 0.29) is 5.91 Å². The van der Waals surface area contributed by atoms with E-state index < -0.39 is 0 Å². The van der Waals surface area contributed by atoms with Crippen LogP contribution in [0, 0.1) is 5.41 Å². The molecule has 1 spiro atoms. The first-order chi connectivity index (χ1) is 7.76. The normalized spacial score (nSPS) is 30.7. The summed E-state index contributed by atoms with van der Waals surface area (Å²) in [5.41, 5.74) is 0.360. The van der Waals surface area contributed by atoms with Crippen LogP contribution < -0.4 is 5.32 Å². The molecule has 0 aromatic heterocycles. The zero-order valence-electron chi connectivity index (χ0n) is 9.80. The van der Waals surface area contributed by atoms with Crippen LogP contribution in [0.4, 0.5) is 0 Å². The molecule has 2 aliphatic heterocycles. The second-order valence-corrected chi connectivity index (χ2v) is 5.52. The maximum absolute atomic E-state index is 11.8. The van der Waals surface area contributed by atoms with Crippen LogP contribution in [0.3, 0.4) is 0 Å². The van der Waals surface area contributed by atoms with Gasteiger partial charge in [0.15, 0.2) is 0 Å². The molecule has 2 aliphatic rings. The van der Waals surface area contributed by atoms with Crippen LogP contribution in [0.25, 0.3) is 0 Å². The maximum Gasteiger partial charge on any atom is 0.223 e. The minimum Gasteiger partial charge on any atom is -0.342 e. The van der Waals surface area contributed by atoms with Crippen LogP contribution in [-0.2, 0) is 4.79 Å². The summed E-state index contributed by atoms with van der Waals surface area (Å²) in [5.74, 6) is 0.681. The number of rotatable bonds is 2. The van der Waals surface area contributed by atoms with Gasteiger partial charge < -0.3 is 10.2 Å². The Kier molecular flexibility index (Phi) is 4.09. The molecule has 2 saturated heterocycles. The number of alkyl halides is 1. The lowest BCUT2D eigenvalue weighted by atomic mass is 9.74. The van der Waals surface area contributed by atoms with Gasteiger partial charge in [0.05, 0.1) is 0 Å². The van der Waals surface area contributed by atoms with Crippen molar-refractivity contribution in [2.45, 2.75) is 32.1 Å². The standard InChI is InChI=1S/C12H21ClN2O/c13-6-3-11(16)15-8-2-5-12(10-15)4-1-7-14-9-12/h14H,1-10H2. The zero-order valence-corrected chi connectivity index (χ0v) is 10.6. The number of piperidine rings is 2. The fraction of sp³-hybridized carbons (Fsp3) is 0.917. The van der Waals surface area contributed by atoms with E-state index in [1.165, 1.54) is 19.3 Å². The second-order valence-electron chi connectivity index (χ2n) is 5.14. The molecule has 0 saturated carbocycles. The Balaban J connectivity index is 1.94. The predicted octanol–water partition coefficient (Wildman–Crippen LogP) is 1.61. The van der Waals surface area contributed by atoms with E-state index in [9.17, 15) is 4.79 Å². The van der Waals surface area contributed by atoms with Gasteiger partial charge in [0.2, 0.25) is 5.91 Å². The van der Waals surface area contributed by atoms with E-state index >= 15 is 0 Å². The van der Waals surface area contributed by atoms with E-state index in [1.54, 1.807) is 0 Å². The zero-order chi connectivity index (χ0) is 11.4. The highest BCUT2D eigenvalue weighted by Crippen LogP contribution is 2.35. The Morgan fingerprint density at radius 3 is 2.88 bits per heavy atom. The molecule has 0 bridgehead atoms. The Morgan fingerprint density at radius 1 is 1.38 bits per heavy atom. The molecule has 0 aromatic rings. The van der Waals surface area contributed by atoms with Crippen molar-refractivity contribution in [1.29, 1.82) is 0 Å². The first kappa shape index (κ1) is 12.2. The van der Waals surface area contributed by atoms with Gasteiger partial charge in [-0.05, 0) is 32.2 Å². The minimum atomic E-state index is 0.236. The summed E-state index contributed by atoms with van der Waals surface area (Å²) in [6, 6.07) is 0. The van der Waals surface area contributed by atoms with E-state index in [4.69, 9.17) is 11.6 Å². The van der Waals surface area contributed by atoms with Gasteiger partial charge in [-0.1, -0.05) is 0 Å². The Morgan fingerprint density at radius 2 is 2.19 bits per heavy atom. The largest absolute Gasteiger partial charge is 0.342 e. The summed E-state index contributed by atoms with van der Waals surface area (Å²) in [6.07, 6.45) is 5.42. The molecule has 16 heavy (non-hydrogen) atoms. The molecule has 0 aromatic carbocycles. The highest BCUT2D eigenvalue weighted by molar-refractivity contribution is 6.18. The fourth-order valence-electron chi connectivity index (χ4n) is 3.04. The quantitative estimate of drug-likeness (QED) is 0.749. The van der Waals surface area contributed by atoms with Crippen LogP contribution in [0.2, 0.25) is 0 Å². The number of halogens is 1. The molecule has 4 heteroatoms. The first-order valence-corrected chi connectivity index (χ1v) is 6.84. The van der Waals surface area contributed by atoms with E-state index in [1.807, 2.05) is 4.90 Å². The average molecular weight is 245 g/mol. The smallest absolute Gasteiger partial charge is 0.223 e. The van der Waals surface area contributed by atoms with Gasteiger partial charge in [0.25, 0.3) is 0 Å². The molecule has 1 amide bonds. The summed E-state index contributed by atoms with van der Waals surface area (Å²) >= 11 is 5.63. The van der Waals surface area contributed by atoms with Crippen molar-refractivity contribution in [3.05, 3.63) is 0 Å². The van der Waals surface area contributed by atoms with Gasteiger partial charge in [-0.2, -0.15) is 0 Å². The van der Waals surface area contributed by atoms with Crippen molar-refractivity contribution < 1.29 is 4.79 Å². The Labute approximate surface area is 103 Å². The summed E-state index contributed by atoms with van der Waals surface area (Å²) in [4.78, 5) is 13.9. The van der Waals surface area contributed by atoms with Crippen molar-refractivity contribution in [2.75, 3.05) is 32.1 Å². The first-order valence-electron chi connectivity index (χ1n) is 6.30. The van der Waals surface area contributed by atoms with Gasteiger partial charge in [-0.25, -0.2) is 0 Å². The van der Waals surface area contributed by atoms with Crippen molar-refractivity contribution in [3.63, 3.8) is 0 Å². The Hall–Kier alpha value is -0.280. The van der Waals surface area contributed by atoms with Gasteiger partial charge in [0.1, 0.15) is 0 Å². The van der Waals surface area contributed by atoms with Crippen molar-refractivity contribution in [2.24, 2.45) is 5.41 Å². The average Bonchev–Trinajstić information content (AvgIpc) is 2.30. The molecule has 2 fully saturated rings. The number of hydrogen-bond acceptors (Lipinski definition) is 2. The summed E-state index contributed by atoms with van der Waals surface area (Å²) in [6.45, 7) is 4.09. The number of carbonyl (C=O) groups excluding carboxylic acids is 1. The lowest BCUT2D eigenvalue weighted by molar-refractivity contribution is -0.134. The highest BCUT2D eigenvalue weighted by Gasteiger charge is 2.37. The number of amides is 1. The maximum atomic E-state index is 11.8. The van der Waals surface area contributed by atoms with E-state index in [2.05, 4.69) is 5.32 Å². The van der Waals surface area contributed by atoms with Crippen molar-refractivity contribution in [3.8, 4) is 0 Å². The number of hydrogen-bond donors (Lipinski definition) is 1. The van der Waals surface area contributed by atoms with Crippen LogP contribution in [0.5, 0.6) is 0 Å². The molecular weight excluding hydrogens is 224 g/mol. The number of likely N-dealkylation sites (tertiary alicyclic amines) is 1. The highest BCUT2D eigenvalue weighted by atomic mass is 35.5. The molecule has 0 aliphatic carbocycles. The molecule has 1 unspecified atom stereocenters. The Bertz CT molecular complexity index is 246. The monoisotopic (exact) mass is 244 g/mol. The lowest BCUT2D eigenvalue weighted by Crippen LogP contribution is -2.52. The molecule has 3 nitrogen and oxygen atoms in total. The topological polar surface area (TPSA) is 32.3 Å². The molecule has 1 atom stereocenters. The number of carbonyl (C=O) groups is 1. The predicted molar refractivity (Wildman–Crippen MR) is 65.7 cm³/mol. The third-order valence-electron chi connectivity index (χ3n) is 3.88. The summed E-state index contributed by atoms with van der Waals surface area (Å²) < 4.78 is 0. The molecule has 0 radical (unpaired) electrons. The third-order valence-corrected chi connectivity index (χ3v) is 4.07. The second kappa shape index (κ2) is 5.37. The third kappa shape index (κ3) is 2.69. The van der Waals surface area contributed by atoms with Gasteiger partial charge in [-0.15, -0.1) is 11.6 Å². The molecular formula is C12H21ClN2O. The molecule has 2 rings (SSSR count). The van der Waals surface area contributed by atoms with Crippen molar-refractivity contribution >= 4 is 17.5 Å². The molecule has 92 valence electrons. The fourth-order valence-corrected chi connectivity index (χ4v) is 3.20. The van der Waals surface area contributed by atoms with Crippen molar-refractivity contribution in [1.82, 2.24) is 10.2 Å². The molecule has 2 heterocycles. The van der Waals surface area contributed by atoms with Gasteiger partial charge in [0, 0.05) is 37.4 Å². The van der Waals surface area contributed by atoms with Gasteiger partial charge >= 0.3 is 0 Å². The molecule has 1 N–H and O–H groups in total. The SMILES string of the molecule is O=C(CCCl)N1CCCC2(CCCNC2)C1. The van der Waals surface area contributed by atoms with Crippen LogP contribution in [-0.4, -0.2) is 42.9 Å². The summed E-state index contributed by atoms with van der Waals surface area (Å²) in [7, 11) is 0. The van der Waals surface area contributed by atoms with Crippen LogP contribution in [0.15, 0.2) is 0 Å². The van der Waals surface area contributed by atoms with Crippen LogP contribution >= 0.6 is 11.6 Å². The van der Waals surface area contributed by atoms with Crippen LogP contribution in [0.1, 0.15) is 32.1 Å². The summed E-state index contributed by atoms with van der Waals surface area (Å²) in [5, 5.41) is 3.47. The van der Waals surface area contributed by atoms with E-state index in [0.29, 0.717) is 17.7 Å².